The van der Waals surface area contributed by atoms with Crippen LogP contribution in [0.1, 0.15) is 35.7 Å². The quantitative estimate of drug-likeness (QED) is 0.146. The van der Waals surface area contributed by atoms with Crippen LogP contribution in [-0.2, 0) is 9.47 Å². The van der Waals surface area contributed by atoms with Gasteiger partial charge in [0.05, 0.1) is 38.1 Å². The molecular weight excluding hydrogens is 576 g/mol. The fourth-order valence-electron chi connectivity index (χ4n) is 5.15. The van der Waals surface area contributed by atoms with E-state index in [9.17, 15) is 20.1 Å². The van der Waals surface area contributed by atoms with Gasteiger partial charge < -0.3 is 41.0 Å². The Kier molecular flexibility index (Phi) is 8.38. The van der Waals surface area contributed by atoms with Crippen LogP contribution in [0.15, 0.2) is 55.6 Å². The normalized spacial score (nSPS) is 24.8. The molecule has 44 heavy (non-hydrogen) atoms. The molecule has 0 aliphatic carbocycles. The van der Waals surface area contributed by atoms with Crippen LogP contribution in [-0.4, -0.2) is 103 Å². The number of nitrogen functional groups attached to an aromatic ring is 1. The van der Waals surface area contributed by atoms with Crippen molar-refractivity contribution >= 4 is 39.9 Å². The standard InChI is InChI=1S/C17H17N5O4.C10H13N5O3/c23-7-11-6-12(24)17(26-11)22-9-20-13-14(18-8-19-15(13)22)21-16(25)10-4-2-1-3-5-10;11-8-7-9(13-3-12-8)15(4-14-7)10-6(17)1-5(2-16)18-10/h1-5,8-9,11-12,17,23-24H,6-7H2,(H,18,19,21,25);3-6,10,16-17H,1-2H2,(H2,11,12,13)/t11-,12+,17+;5-,6+,10+/m00/s1. The van der Waals surface area contributed by atoms with Gasteiger partial charge in [0.2, 0.25) is 0 Å². The van der Waals surface area contributed by atoms with Gasteiger partial charge in [-0.3, -0.25) is 13.9 Å². The summed E-state index contributed by atoms with van der Waals surface area (Å²) < 4.78 is 14.4. The molecule has 2 aliphatic rings. The molecule has 4 aromatic heterocycles. The highest BCUT2D eigenvalue weighted by atomic mass is 16.5. The number of benzene rings is 1. The van der Waals surface area contributed by atoms with E-state index >= 15 is 0 Å². The zero-order valence-corrected chi connectivity index (χ0v) is 23.2. The number of rotatable bonds is 6. The van der Waals surface area contributed by atoms with Crippen molar-refractivity contribution in [1.29, 1.82) is 0 Å². The summed E-state index contributed by atoms with van der Waals surface area (Å²) in [5, 5.41) is 41.1. The van der Waals surface area contributed by atoms with Crippen molar-refractivity contribution < 1.29 is 34.7 Å². The Morgan fingerprint density at radius 3 is 1.93 bits per heavy atom. The first-order valence-corrected chi connectivity index (χ1v) is 13.7. The number of hydrogen-bond acceptors (Lipinski definition) is 14. The second-order valence-corrected chi connectivity index (χ2v) is 10.2. The molecule has 2 saturated heterocycles. The average Bonchev–Trinajstić information content (AvgIpc) is 3.83. The van der Waals surface area contributed by atoms with Crippen molar-refractivity contribution in [3.05, 3.63) is 61.2 Å². The molecule has 0 spiro atoms. The molecule has 0 bridgehead atoms. The van der Waals surface area contributed by atoms with Crippen LogP contribution in [0.5, 0.6) is 0 Å². The third kappa shape index (κ3) is 5.66. The number of nitrogens with two attached hydrogens (primary N) is 1. The average molecular weight is 607 g/mol. The largest absolute Gasteiger partial charge is 0.394 e. The second-order valence-electron chi connectivity index (χ2n) is 10.2. The van der Waals surface area contributed by atoms with E-state index in [0.717, 1.165) is 0 Å². The van der Waals surface area contributed by atoms with Crippen LogP contribution in [0.3, 0.4) is 0 Å². The summed E-state index contributed by atoms with van der Waals surface area (Å²) in [6.07, 6.45) is 2.70. The van der Waals surface area contributed by atoms with E-state index in [4.69, 9.17) is 20.3 Å². The Hall–Kier alpha value is -4.65. The summed E-state index contributed by atoms with van der Waals surface area (Å²) in [7, 11) is 0. The van der Waals surface area contributed by atoms with Gasteiger partial charge >= 0.3 is 0 Å². The Balaban J connectivity index is 0.000000167. The van der Waals surface area contributed by atoms with E-state index in [2.05, 4.69) is 35.2 Å². The van der Waals surface area contributed by atoms with Crippen molar-refractivity contribution in [2.75, 3.05) is 24.3 Å². The predicted molar refractivity (Wildman–Crippen MR) is 153 cm³/mol. The molecule has 17 heteroatoms. The molecule has 2 aliphatic heterocycles. The number of ether oxygens (including phenoxy) is 2. The lowest BCUT2D eigenvalue weighted by atomic mass is 10.2. The Labute approximate surface area is 249 Å². The van der Waals surface area contributed by atoms with E-state index in [-0.39, 0.29) is 36.9 Å². The lowest BCUT2D eigenvalue weighted by molar-refractivity contribution is -0.0486. The van der Waals surface area contributed by atoms with Gasteiger partial charge in [-0.25, -0.2) is 29.9 Å². The zero-order chi connectivity index (χ0) is 30.8. The number of hydrogen-bond donors (Lipinski definition) is 6. The molecule has 0 radical (unpaired) electrons. The fourth-order valence-corrected chi connectivity index (χ4v) is 5.15. The van der Waals surface area contributed by atoms with Crippen molar-refractivity contribution in [2.45, 2.75) is 49.7 Å². The number of aliphatic hydroxyl groups is 4. The minimum Gasteiger partial charge on any atom is -0.394 e. The highest BCUT2D eigenvalue weighted by molar-refractivity contribution is 6.06. The van der Waals surface area contributed by atoms with Crippen LogP contribution < -0.4 is 11.1 Å². The number of carbonyl (C=O) groups excluding carboxylic acids is 1. The van der Waals surface area contributed by atoms with Crippen molar-refractivity contribution in [3.63, 3.8) is 0 Å². The molecule has 0 saturated carbocycles. The maximum Gasteiger partial charge on any atom is 0.256 e. The fraction of sp³-hybridized carbons (Fsp3) is 0.370. The molecule has 6 heterocycles. The van der Waals surface area contributed by atoms with Gasteiger partial charge in [0.1, 0.15) is 30.4 Å². The lowest BCUT2D eigenvalue weighted by Crippen LogP contribution is -2.19. The SMILES string of the molecule is Nc1ncnc2c1ncn2[C@@H]1O[C@H](CO)C[C@H]1O.O=C(Nc1ncnc2c1ncn2[C@@H]1O[C@H](CO)C[C@H]1O)c1ccccc1. The molecule has 5 aromatic rings. The summed E-state index contributed by atoms with van der Waals surface area (Å²) in [5.74, 6) is 0.247. The number of fused-ring (bicyclic) bond motifs is 2. The summed E-state index contributed by atoms with van der Waals surface area (Å²) in [4.78, 5) is 37.0. The van der Waals surface area contributed by atoms with Crippen molar-refractivity contribution in [3.8, 4) is 0 Å². The maximum atomic E-state index is 12.4. The van der Waals surface area contributed by atoms with Gasteiger partial charge in [-0.05, 0) is 12.1 Å². The van der Waals surface area contributed by atoms with E-state index < -0.39 is 30.8 Å². The highest BCUT2D eigenvalue weighted by Crippen LogP contribution is 2.32. The number of aliphatic hydroxyl groups excluding tert-OH is 4. The maximum absolute atomic E-state index is 12.4. The van der Waals surface area contributed by atoms with Crippen molar-refractivity contribution in [2.24, 2.45) is 0 Å². The third-order valence-corrected chi connectivity index (χ3v) is 7.30. The summed E-state index contributed by atoms with van der Waals surface area (Å²) >= 11 is 0. The number of nitrogens with zero attached hydrogens (tertiary/aromatic N) is 8. The van der Waals surface area contributed by atoms with Crippen LogP contribution in [0.2, 0.25) is 0 Å². The molecule has 7 rings (SSSR count). The van der Waals surface area contributed by atoms with Gasteiger partial charge in [0.15, 0.2) is 40.9 Å². The number of carbonyl (C=O) groups is 1. The number of aromatic nitrogens is 8. The first-order valence-electron chi connectivity index (χ1n) is 13.7. The van der Waals surface area contributed by atoms with Crippen LogP contribution in [0, 0.1) is 0 Å². The number of nitrogens with one attached hydrogen (secondary N) is 1. The van der Waals surface area contributed by atoms with Gasteiger partial charge in [0.25, 0.3) is 5.91 Å². The monoisotopic (exact) mass is 606 g/mol. The first-order chi connectivity index (χ1) is 21.4. The molecule has 2 fully saturated rings. The number of imidazole rings is 2. The minimum atomic E-state index is -0.790. The first kappa shape index (κ1) is 29.4. The molecule has 7 N–H and O–H groups in total. The molecule has 17 nitrogen and oxygen atoms in total. The van der Waals surface area contributed by atoms with E-state index in [1.54, 1.807) is 33.4 Å². The van der Waals surface area contributed by atoms with Gasteiger partial charge in [-0.1, -0.05) is 18.2 Å². The van der Waals surface area contributed by atoms with Gasteiger partial charge in [-0.15, -0.1) is 0 Å². The van der Waals surface area contributed by atoms with Crippen LogP contribution in [0.25, 0.3) is 22.3 Å². The zero-order valence-electron chi connectivity index (χ0n) is 23.2. The van der Waals surface area contributed by atoms with Crippen LogP contribution >= 0.6 is 0 Å². The molecule has 6 atom stereocenters. The Bertz CT molecular complexity index is 1750. The van der Waals surface area contributed by atoms with E-state index in [1.165, 1.54) is 25.3 Å². The summed E-state index contributed by atoms with van der Waals surface area (Å²) in [5.41, 5.74) is 7.97. The summed E-state index contributed by atoms with van der Waals surface area (Å²) in [6, 6.07) is 8.77. The van der Waals surface area contributed by atoms with Crippen LogP contribution in [0.4, 0.5) is 11.6 Å². The smallest absolute Gasteiger partial charge is 0.256 e. The van der Waals surface area contributed by atoms with Crippen molar-refractivity contribution in [1.82, 2.24) is 39.0 Å². The van der Waals surface area contributed by atoms with Gasteiger partial charge in [0, 0.05) is 18.4 Å². The van der Waals surface area contributed by atoms with E-state index in [0.29, 0.717) is 40.7 Å². The Morgan fingerprint density at radius 2 is 1.36 bits per heavy atom. The number of anilines is 2. The molecule has 1 aromatic carbocycles. The minimum absolute atomic E-state index is 0.128. The molecule has 0 unspecified atom stereocenters. The predicted octanol–water partition coefficient (Wildman–Crippen LogP) is -0.232. The summed E-state index contributed by atoms with van der Waals surface area (Å²) in [6.45, 7) is -0.301. The molecule has 230 valence electrons. The second kappa shape index (κ2) is 12.5. The van der Waals surface area contributed by atoms with Gasteiger partial charge in [-0.2, -0.15) is 0 Å². The third-order valence-electron chi connectivity index (χ3n) is 7.30. The number of amides is 1. The highest BCUT2D eigenvalue weighted by Gasteiger charge is 2.37. The topological polar surface area (TPSA) is 242 Å². The lowest BCUT2D eigenvalue weighted by Gasteiger charge is -2.16. The molecular formula is C27H30N10O7. The Morgan fingerprint density at radius 1 is 0.818 bits per heavy atom. The van der Waals surface area contributed by atoms with E-state index in [1.807, 2.05) is 6.07 Å². The molecule has 1 amide bonds.